The summed E-state index contributed by atoms with van der Waals surface area (Å²) in [5.74, 6) is -0.618. The van der Waals surface area contributed by atoms with Crippen LogP contribution in [-0.2, 0) is 35.4 Å². The molecule has 0 aliphatic rings. The second kappa shape index (κ2) is 11.9. The highest BCUT2D eigenvalue weighted by atomic mass is 32.2. The lowest BCUT2D eigenvalue weighted by molar-refractivity contribution is -0.138. The molecule has 0 spiro atoms. The van der Waals surface area contributed by atoms with E-state index < -0.39 is 44.2 Å². The molecule has 0 saturated carbocycles. The molecule has 0 aromatic heterocycles. The molecule has 0 aliphatic carbocycles. The van der Waals surface area contributed by atoms with Gasteiger partial charge in [-0.15, -0.1) is 0 Å². The molecule has 0 unspecified atom stereocenters. The van der Waals surface area contributed by atoms with Crippen molar-refractivity contribution in [3.63, 3.8) is 0 Å². The van der Waals surface area contributed by atoms with Gasteiger partial charge in [-0.1, -0.05) is 42.5 Å². The first kappa shape index (κ1) is 30.1. The molecule has 4 nitrogen and oxygen atoms in total. The van der Waals surface area contributed by atoms with Crippen LogP contribution in [0.4, 0.5) is 30.7 Å². The third kappa shape index (κ3) is 7.86. The van der Waals surface area contributed by atoms with Crippen LogP contribution in [0.2, 0.25) is 0 Å². The standard InChI is InChI=1S/C29H22F7NO3S/c30-24-8-3-5-19(13-24)11-12-37-41(38,39)26-15-21(14-23(17-26)29(34,35)36)27-10-2-1-6-20(27)18-40-25-9-4-7-22(16-25)28(31,32)33/h1-10,13-17,37H,11-12,18H2. The molecule has 1 N–H and O–H groups in total. The van der Waals surface area contributed by atoms with Crippen LogP contribution < -0.4 is 9.46 Å². The van der Waals surface area contributed by atoms with Crippen molar-refractivity contribution in [3.05, 3.63) is 119 Å². The van der Waals surface area contributed by atoms with Gasteiger partial charge in [0.15, 0.2) is 0 Å². The van der Waals surface area contributed by atoms with E-state index in [1.165, 1.54) is 42.5 Å². The molecule has 0 radical (unpaired) electrons. The normalized spacial score (nSPS) is 12.4. The van der Waals surface area contributed by atoms with Crippen LogP contribution in [0.1, 0.15) is 22.3 Å². The lowest BCUT2D eigenvalue weighted by Crippen LogP contribution is -2.26. The van der Waals surface area contributed by atoms with Crippen molar-refractivity contribution in [2.75, 3.05) is 6.54 Å². The third-order valence-electron chi connectivity index (χ3n) is 6.02. The van der Waals surface area contributed by atoms with Gasteiger partial charge >= 0.3 is 12.4 Å². The van der Waals surface area contributed by atoms with E-state index in [4.69, 9.17) is 4.74 Å². The van der Waals surface area contributed by atoms with Gasteiger partial charge in [0.25, 0.3) is 0 Å². The first-order valence-corrected chi connectivity index (χ1v) is 13.6. The Morgan fingerprint density at radius 2 is 1.44 bits per heavy atom. The molecule has 4 rings (SSSR count). The summed E-state index contributed by atoms with van der Waals surface area (Å²) in [5.41, 5.74) is -1.23. The minimum atomic E-state index is -4.88. The summed E-state index contributed by atoms with van der Waals surface area (Å²) >= 11 is 0. The molecule has 0 atom stereocenters. The SMILES string of the molecule is O=S(=O)(NCCc1cccc(F)c1)c1cc(-c2ccccc2COc2cccc(C(F)(F)F)c2)cc(C(F)(F)F)c1. The molecule has 0 heterocycles. The minimum absolute atomic E-state index is 0.0893. The number of benzene rings is 4. The fourth-order valence-corrected chi connectivity index (χ4v) is 5.13. The number of hydrogen-bond acceptors (Lipinski definition) is 3. The van der Waals surface area contributed by atoms with E-state index in [0.717, 1.165) is 30.3 Å². The lowest BCUT2D eigenvalue weighted by Gasteiger charge is -2.16. The van der Waals surface area contributed by atoms with Crippen LogP contribution >= 0.6 is 0 Å². The van der Waals surface area contributed by atoms with Gasteiger partial charge in [0, 0.05) is 6.54 Å². The van der Waals surface area contributed by atoms with Crippen molar-refractivity contribution >= 4 is 10.0 Å². The first-order chi connectivity index (χ1) is 19.2. The quantitative estimate of drug-likeness (QED) is 0.202. The van der Waals surface area contributed by atoms with E-state index in [9.17, 15) is 39.2 Å². The van der Waals surface area contributed by atoms with E-state index in [1.54, 1.807) is 12.1 Å². The van der Waals surface area contributed by atoms with Gasteiger partial charge in [-0.3, -0.25) is 0 Å². The average molecular weight is 598 g/mol. The van der Waals surface area contributed by atoms with Gasteiger partial charge in [-0.2, -0.15) is 26.3 Å². The molecule has 0 bridgehead atoms. The predicted molar refractivity (Wildman–Crippen MR) is 138 cm³/mol. The average Bonchev–Trinajstić information content (AvgIpc) is 2.91. The number of sulfonamides is 1. The Morgan fingerprint density at radius 3 is 2.15 bits per heavy atom. The van der Waals surface area contributed by atoms with Crippen molar-refractivity contribution in [1.29, 1.82) is 0 Å². The summed E-state index contributed by atoms with van der Waals surface area (Å²) in [6.45, 7) is -0.500. The maximum Gasteiger partial charge on any atom is 0.416 e. The topological polar surface area (TPSA) is 55.4 Å². The highest BCUT2D eigenvalue weighted by Gasteiger charge is 2.33. The highest BCUT2D eigenvalue weighted by molar-refractivity contribution is 7.89. The fraction of sp³-hybridized carbons (Fsp3) is 0.172. The van der Waals surface area contributed by atoms with E-state index >= 15 is 0 Å². The molecule has 4 aromatic rings. The number of nitrogens with one attached hydrogen (secondary N) is 1. The van der Waals surface area contributed by atoms with Crippen LogP contribution in [0.5, 0.6) is 5.75 Å². The fourth-order valence-electron chi connectivity index (χ4n) is 4.03. The Morgan fingerprint density at radius 1 is 0.732 bits per heavy atom. The van der Waals surface area contributed by atoms with Gasteiger partial charge in [0.2, 0.25) is 10.0 Å². The molecule has 4 aromatic carbocycles. The van der Waals surface area contributed by atoms with E-state index in [-0.39, 0.29) is 36.4 Å². The number of hydrogen-bond donors (Lipinski definition) is 1. The number of halogens is 7. The summed E-state index contributed by atoms with van der Waals surface area (Å²) in [6, 6.07) is 18.0. The van der Waals surface area contributed by atoms with Crippen LogP contribution in [0.25, 0.3) is 11.1 Å². The molecule has 41 heavy (non-hydrogen) atoms. The zero-order chi connectivity index (χ0) is 29.8. The maximum atomic E-state index is 13.8. The van der Waals surface area contributed by atoms with Gasteiger partial charge in [0.1, 0.15) is 18.2 Å². The molecule has 216 valence electrons. The molecule has 0 aliphatic heterocycles. The lowest BCUT2D eigenvalue weighted by atomic mass is 9.98. The predicted octanol–water partition coefficient (Wildman–Crippen LogP) is 7.63. The largest absolute Gasteiger partial charge is 0.489 e. The summed E-state index contributed by atoms with van der Waals surface area (Å²) in [7, 11) is -4.42. The Hall–Kier alpha value is -3.90. The minimum Gasteiger partial charge on any atom is -0.489 e. The van der Waals surface area contributed by atoms with Gasteiger partial charge < -0.3 is 4.74 Å². The van der Waals surface area contributed by atoms with E-state index in [0.29, 0.717) is 17.2 Å². The number of alkyl halides is 6. The maximum absolute atomic E-state index is 13.8. The van der Waals surface area contributed by atoms with Crippen LogP contribution in [-0.4, -0.2) is 15.0 Å². The van der Waals surface area contributed by atoms with Crippen molar-refractivity contribution in [2.24, 2.45) is 0 Å². The Kier molecular flexibility index (Phi) is 8.74. The van der Waals surface area contributed by atoms with Crippen molar-refractivity contribution in [3.8, 4) is 16.9 Å². The van der Waals surface area contributed by atoms with Crippen LogP contribution in [0, 0.1) is 5.82 Å². The van der Waals surface area contributed by atoms with Gasteiger partial charge in [-0.05, 0) is 77.2 Å². The molecule has 12 heteroatoms. The van der Waals surface area contributed by atoms with Gasteiger partial charge in [-0.25, -0.2) is 17.5 Å². The van der Waals surface area contributed by atoms with Crippen molar-refractivity contribution in [1.82, 2.24) is 4.72 Å². The molecular weight excluding hydrogens is 575 g/mol. The number of rotatable bonds is 9. The van der Waals surface area contributed by atoms with E-state index in [2.05, 4.69) is 4.72 Å². The zero-order valence-electron chi connectivity index (χ0n) is 21.1. The molecule has 0 fully saturated rings. The number of ether oxygens (including phenoxy) is 1. The summed E-state index contributed by atoms with van der Waals surface area (Å²) in [4.78, 5) is -0.643. The van der Waals surface area contributed by atoms with E-state index in [1.807, 2.05) is 0 Å². The smallest absolute Gasteiger partial charge is 0.416 e. The van der Waals surface area contributed by atoms with Crippen molar-refractivity contribution in [2.45, 2.75) is 30.3 Å². The summed E-state index contributed by atoms with van der Waals surface area (Å²) in [5, 5.41) is 0. The Balaban J connectivity index is 1.63. The van der Waals surface area contributed by atoms with Gasteiger partial charge in [0.05, 0.1) is 16.0 Å². The third-order valence-corrected chi connectivity index (χ3v) is 7.46. The first-order valence-electron chi connectivity index (χ1n) is 12.1. The molecule has 0 saturated heterocycles. The molecular formula is C29H22F7NO3S. The zero-order valence-corrected chi connectivity index (χ0v) is 21.9. The second-order valence-electron chi connectivity index (χ2n) is 8.99. The summed E-state index contributed by atoms with van der Waals surface area (Å²) < 4.78 is 128. The van der Waals surface area contributed by atoms with Crippen LogP contribution in [0.15, 0.2) is 95.9 Å². The molecule has 0 amide bonds. The Labute approximate surface area is 231 Å². The second-order valence-corrected chi connectivity index (χ2v) is 10.8. The monoisotopic (exact) mass is 597 g/mol. The van der Waals surface area contributed by atoms with Crippen molar-refractivity contribution < 1.29 is 43.9 Å². The Bertz CT molecular complexity index is 1630. The van der Waals surface area contributed by atoms with Crippen LogP contribution in [0.3, 0.4) is 0 Å². The summed E-state index contributed by atoms with van der Waals surface area (Å²) in [6.07, 6.45) is -9.38. The highest BCUT2D eigenvalue weighted by Crippen LogP contribution is 2.36.